The molecule has 1 heterocycles. The number of halogens is 2. The van der Waals surface area contributed by atoms with E-state index >= 15 is 0 Å². The number of nitrogens with zero attached hydrogens (tertiary/aromatic N) is 2. The Balaban J connectivity index is 0.00000480. The Kier molecular flexibility index (Phi) is 13.6. The van der Waals surface area contributed by atoms with Gasteiger partial charge in [0.1, 0.15) is 5.82 Å². The minimum Gasteiger partial charge on any atom is -0.381 e. The molecule has 0 aliphatic carbocycles. The predicted molar refractivity (Wildman–Crippen MR) is 139 cm³/mol. The van der Waals surface area contributed by atoms with Crippen molar-refractivity contribution in [1.29, 1.82) is 0 Å². The van der Waals surface area contributed by atoms with Gasteiger partial charge in [0, 0.05) is 31.2 Å². The van der Waals surface area contributed by atoms with Gasteiger partial charge in [-0.25, -0.2) is 4.39 Å². The molecule has 31 heavy (non-hydrogen) atoms. The van der Waals surface area contributed by atoms with Gasteiger partial charge in [-0.2, -0.15) is 0 Å². The van der Waals surface area contributed by atoms with E-state index in [1.165, 1.54) is 6.42 Å². The molecule has 0 radical (unpaired) electrons. The second-order valence-corrected chi connectivity index (χ2v) is 8.31. The first-order valence-corrected chi connectivity index (χ1v) is 11.6. The van der Waals surface area contributed by atoms with Crippen LogP contribution in [0.25, 0.3) is 0 Å². The fourth-order valence-electron chi connectivity index (χ4n) is 4.12. The second kappa shape index (κ2) is 15.0. The van der Waals surface area contributed by atoms with Gasteiger partial charge in [0.05, 0.1) is 6.54 Å². The highest BCUT2D eigenvalue weighted by Gasteiger charge is 2.34. The average Bonchev–Trinajstić information content (AvgIpc) is 2.76. The van der Waals surface area contributed by atoms with Crippen LogP contribution in [-0.2, 0) is 10.2 Å². The third-order valence-corrected chi connectivity index (χ3v) is 6.18. The lowest BCUT2D eigenvalue weighted by Crippen LogP contribution is -2.44. The van der Waals surface area contributed by atoms with Crippen LogP contribution < -0.4 is 10.6 Å². The quantitative estimate of drug-likeness (QED) is 0.242. The van der Waals surface area contributed by atoms with E-state index in [0.29, 0.717) is 12.6 Å². The van der Waals surface area contributed by atoms with E-state index in [9.17, 15) is 4.39 Å². The standard InChI is InChI=1S/C24H41FN4O.HI/c1-5-26-23(28-20(4)9-8-16-29(6-2)7-3)27-19-24(14-17-30-18-15-24)21-10-12-22(25)13-11-21;/h10-13,20H,5-9,14-19H2,1-4H3,(H2,26,27,28);1H. The van der Waals surface area contributed by atoms with Gasteiger partial charge in [-0.15, -0.1) is 24.0 Å². The molecule has 0 aromatic heterocycles. The van der Waals surface area contributed by atoms with Crippen molar-refractivity contribution in [3.8, 4) is 0 Å². The number of hydrogen-bond donors (Lipinski definition) is 2. The molecule has 2 rings (SSSR count). The Morgan fingerprint density at radius 1 is 1.16 bits per heavy atom. The van der Waals surface area contributed by atoms with Crippen LogP contribution in [0.4, 0.5) is 4.39 Å². The molecule has 1 atom stereocenters. The van der Waals surface area contributed by atoms with Crippen molar-refractivity contribution >= 4 is 29.9 Å². The van der Waals surface area contributed by atoms with Gasteiger partial charge in [-0.1, -0.05) is 26.0 Å². The molecule has 1 aromatic carbocycles. The fourth-order valence-corrected chi connectivity index (χ4v) is 4.12. The largest absolute Gasteiger partial charge is 0.381 e. The summed E-state index contributed by atoms with van der Waals surface area (Å²) >= 11 is 0. The van der Waals surface area contributed by atoms with E-state index in [0.717, 1.165) is 70.2 Å². The third kappa shape index (κ3) is 9.22. The molecule has 0 amide bonds. The molecule has 1 saturated heterocycles. The molecule has 0 bridgehead atoms. The average molecular weight is 549 g/mol. The molecule has 1 aromatic rings. The lowest BCUT2D eigenvalue weighted by molar-refractivity contribution is 0.0530. The van der Waals surface area contributed by atoms with Gasteiger partial charge in [0.25, 0.3) is 0 Å². The predicted octanol–water partition coefficient (Wildman–Crippen LogP) is 4.56. The monoisotopic (exact) mass is 548 g/mol. The molecule has 1 aliphatic rings. The summed E-state index contributed by atoms with van der Waals surface area (Å²) < 4.78 is 19.1. The molecule has 2 N–H and O–H groups in total. The molecular formula is C24H42FIN4O. The first kappa shape index (κ1) is 28.1. The molecule has 178 valence electrons. The summed E-state index contributed by atoms with van der Waals surface area (Å²) in [6.45, 7) is 15.0. The Hall–Kier alpha value is -0.930. The molecule has 1 unspecified atom stereocenters. The number of guanidine groups is 1. The van der Waals surface area contributed by atoms with E-state index in [1.54, 1.807) is 12.1 Å². The van der Waals surface area contributed by atoms with Crippen LogP contribution >= 0.6 is 24.0 Å². The maximum absolute atomic E-state index is 13.5. The van der Waals surface area contributed by atoms with Crippen LogP contribution in [0.2, 0.25) is 0 Å². The molecule has 7 heteroatoms. The number of aliphatic imine (C=N–C) groups is 1. The van der Waals surface area contributed by atoms with Gasteiger partial charge in [0.2, 0.25) is 0 Å². The minimum absolute atomic E-state index is 0. The van der Waals surface area contributed by atoms with Crippen molar-refractivity contribution in [2.24, 2.45) is 4.99 Å². The van der Waals surface area contributed by atoms with E-state index in [2.05, 4.69) is 43.2 Å². The summed E-state index contributed by atoms with van der Waals surface area (Å²) in [5.41, 5.74) is 1.05. The summed E-state index contributed by atoms with van der Waals surface area (Å²) in [6.07, 6.45) is 4.09. The molecule has 1 aliphatic heterocycles. The van der Waals surface area contributed by atoms with E-state index < -0.39 is 0 Å². The smallest absolute Gasteiger partial charge is 0.191 e. The maximum Gasteiger partial charge on any atom is 0.191 e. The van der Waals surface area contributed by atoms with Gasteiger partial charge in [-0.05, 0) is 76.9 Å². The summed E-state index contributed by atoms with van der Waals surface area (Å²) in [5, 5.41) is 6.96. The van der Waals surface area contributed by atoms with Crippen molar-refractivity contribution in [2.45, 2.75) is 64.8 Å². The van der Waals surface area contributed by atoms with Crippen molar-refractivity contribution in [2.75, 3.05) is 45.9 Å². The first-order valence-electron chi connectivity index (χ1n) is 11.6. The molecule has 1 fully saturated rings. The molecule has 0 saturated carbocycles. The van der Waals surface area contributed by atoms with E-state index in [1.807, 2.05) is 12.1 Å². The lowest BCUT2D eigenvalue weighted by Gasteiger charge is -2.36. The van der Waals surface area contributed by atoms with Crippen LogP contribution in [0.5, 0.6) is 0 Å². The van der Waals surface area contributed by atoms with Gasteiger partial charge >= 0.3 is 0 Å². The summed E-state index contributed by atoms with van der Waals surface area (Å²) in [5.74, 6) is 0.666. The SMILES string of the molecule is CCNC(=NCC1(c2ccc(F)cc2)CCOCC1)NC(C)CCCN(CC)CC.I. The molecule has 0 spiro atoms. The first-order chi connectivity index (χ1) is 14.5. The maximum atomic E-state index is 13.5. The van der Waals surface area contributed by atoms with Crippen molar-refractivity contribution in [3.63, 3.8) is 0 Å². The topological polar surface area (TPSA) is 48.9 Å². The van der Waals surface area contributed by atoms with Gasteiger partial charge < -0.3 is 20.3 Å². The minimum atomic E-state index is -0.196. The van der Waals surface area contributed by atoms with Crippen LogP contribution in [-0.4, -0.2) is 62.8 Å². The Morgan fingerprint density at radius 3 is 2.39 bits per heavy atom. The zero-order chi connectivity index (χ0) is 21.8. The van der Waals surface area contributed by atoms with Crippen molar-refractivity contribution in [1.82, 2.24) is 15.5 Å². The lowest BCUT2D eigenvalue weighted by atomic mass is 9.74. The summed E-state index contributed by atoms with van der Waals surface area (Å²) in [7, 11) is 0. The van der Waals surface area contributed by atoms with Crippen molar-refractivity contribution < 1.29 is 9.13 Å². The number of hydrogen-bond acceptors (Lipinski definition) is 3. The summed E-state index contributed by atoms with van der Waals surface area (Å²) in [6, 6.07) is 7.28. The number of benzene rings is 1. The number of nitrogens with one attached hydrogen (secondary N) is 2. The van der Waals surface area contributed by atoms with E-state index in [-0.39, 0.29) is 35.2 Å². The Labute approximate surface area is 205 Å². The van der Waals surface area contributed by atoms with Gasteiger partial charge in [0.15, 0.2) is 5.96 Å². The Bertz CT molecular complexity index is 631. The van der Waals surface area contributed by atoms with Crippen LogP contribution in [0.1, 0.15) is 58.9 Å². The number of rotatable bonds is 11. The number of ether oxygens (including phenoxy) is 1. The van der Waals surface area contributed by atoms with Crippen LogP contribution in [0, 0.1) is 5.82 Å². The fraction of sp³-hybridized carbons (Fsp3) is 0.708. The van der Waals surface area contributed by atoms with Crippen LogP contribution in [0.3, 0.4) is 0 Å². The molecule has 5 nitrogen and oxygen atoms in total. The second-order valence-electron chi connectivity index (χ2n) is 8.31. The van der Waals surface area contributed by atoms with Gasteiger partial charge in [-0.3, -0.25) is 4.99 Å². The highest BCUT2D eigenvalue weighted by atomic mass is 127. The Morgan fingerprint density at radius 2 is 1.81 bits per heavy atom. The summed E-state index contributed by atoms with van der Waals surface area (Å²) in [4.78, 5) is 7.42. The zero-order valence-corrected chi connectivity index (χ0v) is 22.1. The highest BCUT2D eigenvalue weighted by molar-refractivity contribution is 14.0. The third-order valence-electron chi connectivity index (χ3n) is 6.18. The van der Waals surface area contributed by atoms with Crippen molar-refractivity contribution in [3.05, 3.63) is 35.6 Å². The highest BCUT2D eigenvalue weighted by Crippen LogP contribution is 2.35. The van der Waals surface area contributed by atoms with Crippen LogP contribution in [0.15, 0.2) is 29.3 Å². The zero-order valence-electron chi connectivity index (χ0n) is 19.8. The molecular weight excluding hydrogens is 506 g/mol. The normalized spacial score (nSPS) is 17.2. The van der Waals surface area contributed by atoms with E-state index in [4.69, 9.17) is 9.73 Å².